The summed E-state index contributed by atoms with van der Waals surface area (Å²) >= 11 is 0. The van der Waals surface area contributed by atoms with Crippen LogP contribution in [0.4, 0.5) is 0 Å². The normalized spacial score (nSPS) is 11.2. The first-order valence-electron chi connectivity index (χ1n) is 4.45. The van der Waals surface area contributed by atoms with Crippen molar-refractivity contribution in [1.29, 1.82) is 0 Å². The van der Waals surface area contributed by atoms with Crippen molar-refractivity contribution in [2.24, 2.45) is 4.99 Å². The molecule has 2 nitrogen and oxygen atoms in total. The predicted molar refractivity (Wildman–Crippen MR) is 59.1 cm³/mol. The van der Waals surface area contributed by atoms with Gasteiger partial charge in [0.2, 0.25) is 0 Å². The van der Waals surface area contributed by atoms with E-state index in [-0.39, 0.29) is 5.75 Å². The van der Waals surface area contributed by atoms with Crippen LogP contribution in [0, 0.1) is 0 Å². The van der Waals surface area contributed by atoms with E-state index in [1.807, 2.05) is 30.3 Å². The highest BCUT2D eigenvalue weighted by atomic mass is 16.3. The fraction of sp³-hybridized carbons (Fsp3) is 0.0833. The van der Waals surface area contributed by atoms with Crippen molar-refractivity contribution in [1.82, 2.24) is 0 Å². The Balaban J connectivity index is 2.70. The van der Waals surface area contributed by atoms with Crippen LogP contribution in [0.25, 0.3) is 10.8 Å². The number of hydrogen-bond acceptors (Lipinski definition) is 2. The molecule has 0 unspecified atom stereocenters. The highest BCUT2D eigenvalue weighted by Gasteiger charge is 2.00. The molecule has 0 aliphatic carbocycles. The van der Waals surface area contributed by atoms with Gasteiger partial charge in [-0.2, -0.15) is 0 Å². The monoisotopic (exact) mass is 185 g/mol. The van der Waals surface area contributed by atoms with Crippen LogP contribution in [0.3, 0.4) is 0 Å². The molecule has 14 heavy (non-hydrogen) atoms. The summed E-state index contributed by atoms with van der Waals surface area (Å²) in [5.41, 5.74) is 0.756. The van der Waals surface area contributed by atoms with Crippen molar-refractivity contribution in [3.05, 3.63) is 42.0 Å². The molecule has 0 aromatic heterocycles. The summed E-state index contributed by atoms with van der Waals surface area (Å²) in [5, 5.41) is 11.8. The predicted octanol–water partition coefficient (Wildman–Crippen LogP) is 2.59. The molecular weight excluding hydrogens is 174 g/mol. The van der Waals surface area contributed by atoms with Crippen LogP contribution in [0.1, 0.15) is 5.56 Å². The van der Waals surface area contributed by atoms with Gasteiger partial charge in [-0.05, 0) is 22.9 Å². The Hall–Kier alpha value is -1.83. The zero-order chi connectivity index (χ0) is 9.97. The summed E-state index contributed by atoms with van der Waals surface area (Å²) in [5.74, 6) is 0.273. The van der Waals surface area contributed by atoms with Gasteiger partial charge in [0.15, 0.2) is 0 Å². The van der Waals surface area contributed by atoms with Crippen molar-refractivity contribution in [3.63, 3.8) is 0 Å². The molecule has 2 rings (SSSR count). The van der Waals surface area contributed by atoms with Gasteiger partial charge >= 0.3 is 0 Å². The summed E-state index contributed by atoms with van der Waals surface area (Å²) in [6.07, 6.45) is 1.65. The Morgan fingerprint density at radius 1 is 1.14 bits per heavy atom. The molecule has 0 heterocycles. The second-order valence-corrected chi connectivity index (χ2v) is 3.15. The van der Waals surface area contributed by atoms with Gasteiger partial charge < -0.3 is 5.11 Å². The number of benzene rings is 2. The van der Waals surface area contributed by atoms with E-state index in [1.165, 1.54) is 0 Å². The first-order chi connectivity index (χ1) is 6.81. The van der Waals surface area contributed by atoms with Gasteiger partial charge in [0.25, 0.3) is 0 Å². The summed E-state index contributed by atoms with van der Waals surface area (Å²) in [6, 6.07) is 11.6. The van der Waals surface area contributed by atoms with Gasteiger partial charge in [0, 0.05) is 18.8 Å². The Bertz CT molecular complexity index is 489. The molecule has 0 aliphatic heterocycles. The van der Waals surface area contributed by atoms with Crippen LogP contribution < -0.4 is 0 Å². The van der Waals surface area contributed by atoms with Gasteiger partial charge in [-0.15, -0.1) is 0 Å². The summed E-state index contributed by atoms with van der Waals surface area (Å²) in [4.78, 5) is 3.89. The van der Waals surface area contributed by atoms with E-state index in [0.29, 0.717) is 0 Å². The molecule has 1 N–H and O–H groups in total. The summed E-state index contributed by atoms with van der Waals surface area (Å²) in [7, 11) is 1.69. The number of phenolic OH excluding ortho intramolecular Hbond substituents is 1. The highest BCUT2D eigenvalue weighted by molar-refractivity contribution is 5.93. The van der Waals surface area contributed by atoms with Gasteiger partial charge in [-0.1, -0.05) is 24.3 Å². The third kappa shape index (κ3) is 1.46. The molecule has 0 atom stereocenters. The largest absolute Gasteiger partial charge is 0.507 e. The smallest absolute Gasteiger partial charge is 0.124 e. The average Bonchev–Trinajstić information content (AvgIpc) is 2.19. The zero-order valence-electron chi connectivity index (χ0n) is 7.94. The molecule has 2 heteroatoms. The number of fused-ring (bicyclic) bond motifs is 1. The zero-order valence-corrected chi connectivity index (χ0v) is 7.94. The Morgan fingerprint density at radius 2 is 1.79 bits per heavy atom. The van der Waals surface area contributed by atoms with E-state index in [4.69, 9.17) is 0 Å². The maximum absolute atomic E-state index is 9.65. The number of aromatic hydroxyl groups is 1. The van der Waals surface area contributed by atoms with E-state index < -0.39 is 0 Å². The Labute approximate surface area is 82.5 Å². The van der Waals surface area contributed by atoms with Gasteiger partial charge in [0.1, 0.15) is 5.75 Å². The third-order valence-corrected chi connectivity index (χ3v) is 2.16. The standard InChI is InChI=1S/C12H11NO/c1-13-8-11-6-9-4-2-3-5-10(9)7-12(11)14/h2-8,14H,1H3. The summed E-state index contributed by atoms with van der Waals surface area (Å²) in [6.45, 7) is 0. The van der Waals surface area contributed by atoms with Crippen LogP contribution in [-0.4, -0.2) is 18.4 Å². The van der Waals surface area contributed by atoms with E-state index in [0.717, 1.165) is 16.3 Å². The van der Waals surface area contributed by atoms with Gasteiger partial charge in [0.05, 0.1) is 0 Å². The van der Waals surface area contributed by atoms with Gasteiger partial charge in [-0.3, -0.25) is 4.99 Å². The first-order valence-corrected chi connectivity index (χ1v) is 4.45. The fourth-order valence-electron chi connectivity index (χ4n) is 1.49. The SMILES string of the molecule is CN=Cc1cc2ccccc2cc1O. The van der Waals surface area contributed by atoms with E-state index in [2.05, 4.69) is 4.99 Å². The van der Waals surface area contributed by atoms with E-state index >= 15 is 0 Å². The number of nitrogens with zero attached hydrogens (tertiary/aromatic N) is 1. The topological polar surface area (TPSA) is 32.6 Å². The molecular formula is C12H11NO. The molecule has 0 radical (unpaired) electrons. The second-order valence-electron chi connectivity index (χ2n) is 3.15. The van der Waals surface area contributed by atoms with Crippen LogP contribution in [-0.2, 0) is 0 Å². The summed E-state index contributed by atoms with van der Waals surface area (Å²) < 4.78 is 0. The molecule has 70 valence electrons. The maximum Gasteiger partial charge on any atom is 0.124 e. The van der Waals surface area contributed by atoms with E-state index in [9.17, 15) is 5.11 Å². The lowest BCUT2D eigenvalue weighted by Crippen LogP contribution is -1.83. The lowest BCUT2D eigenvalue weighted by Gasteiger charge is -2.01. The third-order valence-electron chi connectivity index (χ3n) is 2.16. The lowest BCUT2D eigenvalue weighted by atomic mass is 10.1. The lowest BCUT2D eigenvalue weighted by molar-refractivity contribution is 0.475. The average molecular weight is 185 g/mol. The minimum Gasteiger partial charge on any atom is -0.507 e. The molecule has 0 bridgehead atoms. The first kappa shape index (κ1) is 8.75. The molecule has 2 aromatic carbocycles. The minimum atomic E-state index is 0.273. The quantitative estimate of drug-likeness (QED) is 0.680. The highest BCUT2D eigenvalue weighted by Crippen LogP contribution is 2.23. The fourth-order valence-corrected chi connectivity index (χ4v) is 1.49. The minimum absolute atomic E-state index is 0.273. The molecule has 0 fully saturated rings. The number of rotatable bonds is 1. The number of phenols is 1. The van der Waals surface area contributed by atoms with Crippen molar-refractivity contribution in [2.45, 2.75) is 0 Å². The Morgan fingerprint density at radius 3 is 2.43 bits per heavy atom. The molecule has 0 saturated heterocycles. The van der Waals surface area contributed by atoms with Gasteiger partial charge in [-0.25, -0.2) is 0 Å². The molecule has 2 aromatic rings. The van der Waals surface area contributed by atoms with Crippen molar-refractivity contribution in [3.8, 4) is 5.75 Å². The van der Waals surface area contributed by atoms with Crippen LogP contribution in [0.15, 0.2) is 41.4 Å². The van der Waals surface area contributed by atoms with Crippen LogP contribution in [0.2, 0.25) is 0 Å². The van der Waals surface area contributed by atoms with Crippen molar-refractivity contribution in [2.75, 3.05) is 7.05 Å². The number of hydrogen-bond donors (Lipinski definition) is 1. The van der Waals surface area contributed by atoms with E-state index in [1.54, 1.807) is 19.3 Å². The molecule has 0 saturated carbocycles. The molecule has 0 aliphatic rings. The van der Waals surface area contributed by atoms with Crippen LogP contribution in [0.5, 0.6) is 5.75 Å². The maximum atomic E-state index is 9.65. The van der Waals surface area contributed by atoms with Crippen LogP contribution >= 0.6 is 0 Å². The second kappa shape index (κ2) is 3.50. The Kier molecular flexibility index (Phi) is 2.19. The van der Waals surface area contributed by atoms with Crippen molar-refractivity contribution < 1.29 is 5.11 Å². The molecule has 0 amide bonds. The van der Waals surface area contributed by atoms with Crippen molar-refractivity contribution >= 4 is 17.0 Å². The number of aliphatic imine (C=N–C) groups is 1. The molecule has 0 spiro atoms.